The van der Waals surface area contributed by atoms with Gasteiger partial charge in [-0.15, -0.1) is 0 Å². The minimum Gasteiger partial charge on any atom is -0.365 e. The fourth-order valence-electron chi connectivity index (χ4n) is 5.19. The van der Waals surface area contributed by atoms with Gasteiger partial charge in [-0.1, -0.05) is 12.1 Å². The molecule has 1 unspecified atom stereocenters. The van der Waals surface area contributed by atoms with Crippen LogP contribution in [-0.2, 0) is 0 Å². The molecule has 0 amide bonds. The number of thiocarbonyl (C=S) groups is 1. The fraction of sp³-hybridized carbons (Fsp3) is 0.429. The van der Waals surface area contributed by atoms with Crippen molar-refractivity contribution in [3.8, 4) is 0 Å². The third-order valence-corrected chi connectivity index (χ3v) is 7.69. The molecule has 1 atom stereocenters. The molecule has 35 heavy (non-hydrogen) atoms. The molecule has 3 heterocycles. The maximum Gasteiger partial charge on any atom is 0.173 e. The zero-order valence-electron chi connectivity index (χ0n) is 21.3. The van der Waals surface area contributed by atoms with E-state index < -0.39 is 0 Å². The highest BCUT2D eigenvalue weighted by Crippen LogP contribution is 2.27. The largest absolute Gasteiger partial charge is 0.365 e. The molecule has 3 aromatic rings. The molecule has 2 aromatic carbocycles. The summed E-state index contributed by atoms with van der Waals surface area (Å²) in [7, 11) is 2.18. The minimum atomic E-state index is 0.390. The first kappa shape index (κ1) is 23.8. The van der Waals surface area contributed by atoms with Gasteiger partial charge in [0.25, 0.3) is 0 Å². The second kappa shape index (κ2) is 9.99. The highest BCUT2D eigenvalue weighted by atomic mass is 32.1. The van der Waals surface area contributed by atoms with Crippen LogP contribution in [0, 0.1) is 13.8 Å². The van der Waals surface area contributed by atoms with Gasteiger partial charge in [0, 0.05) is 68.6 Å². The quantitative estimate of drug-likeness (QED) is 0.544. The van der Waals surface area contributed by atoms with E-state index in [0.29, 0.717) is 6.04 Å². The van der Waals surface area contributed by atoms with Crippen molar-refractivity contribution in [2.45, 2.75) is 26.8 Å². The van der Waals surface area contributed by atoms with E-state index in [1.165, 1.54) is 22.2 Å². The van der Waals surface area contributed by atoms with Gasteiger partial charge in [0.15, 0.2) is 5.11 Å². The molecule has 184 valence electrons. The summed E-state index contributed by atoms with van der Waals surface area (Å²) >= 11 is 5.83. The van der Waals surface area contributed by atoms with Crippen LogP contribution in [0.15, 0.2) is 48.5 Å². The van der Waals surface area contributed by atoms with Crippen LogP contribution in [0.2, 0.25) is 0 Å². The number of piperazine rings is 2. The molecule has 0 spiro atoms. The normalized spacial score (nSPS) is 19.3. The van der Waals surface area contributed by atoms with Crippen LogP contribution in [0.5, 0.6) is 0 Å². The van der Waals surface area contributed by atoms with E-state index in [2.05, 4.69) is 101 Å². The Morgan fingerprint density at radius 1 is 0.971 bits per heavy atom. The van der Waals surface area contributed by atoms with Gasteiger partial charge in [-0.05, 0) is 87.6 Å². The number of fused-ring (bicyclic) bond motifs is 1. The maximum absolute atomic E-state index is 5.83. The third kappa shape index (κ3) is 5.21. The molecule has 1 N–H and O–H groups in total. The molecule has 7 heteroatoms. The Labute approximate surface area is 214 Å². The van der Waals surface area contributed by atoms with Gasteiger partial charge in [-0.25, -0.2) is 4.98 Å². The van der Waals surface area contributed by atoms with E-state index in [1.54, 1.807) is 0 Å². The molecule has 0 saturated carbocycles. The monoisotopic (exact) mass is 488 g/mol. The lowest BCUT2D eigenvalue weighted by Gasteiger charge is -2.42. The topological polar surface area (TPSA) is 37.9 Å². The molecule has 2 saturated heterocycles. The van der Waals surface area contributed by atoms with E-state index in [1.807, 2.05) is 0 Å². The molecule has 2 aliphatic heterocycles. The van der Waals surface area contributed by atoms with Crippen LogP contribution < -0.4 is 15.1 Å². The molecule has 1 aromatic heterocycles. The number of hydrogen-bond donors (Lipinski definition) is 1. The van der Waals surface area contributed by atoms with E-state index in [0.717, 1.165) is 67.9 Å². The Morgan fingerprint density at radius 2 is 1.77 bits per heavy atom. The predicted molar refractivity (Wildman–Crippen MR) is 152 cm³/mol. The number of nitrogens with zero attached hydrogens (tertiary/aromatic N) is 5. The Kier molecular flexibility index (Phi) is 6.80. The standard InChI is InChI=1S/C28H36N6S/c1-20-6-5-7-24(16-20)34-15-14-33(19-22(34)3)28(35)29-23-8-9-26-25(18-23)21(2)17-27(30-26)32-12-10-31(4)11-13-32/h5-9,16-18,22H,10-15,19H2,1-4H3,(H,29,35). The van der Waals surface area contributed by atoms with Gasteiger partial charge in [-0.3, -0.25) is 0 Å². The molecule has 0 aliphatic carbocycles. The highest BCUT2D eigenvalue weighted by Gasteiger charge is 2.25. The summed E-state index contributed by atoms with van der Waals surface area (Å²) in [6.45, 7) is 13.6. The van der Waals surface area contributed by atoms with Gasteiger partial charge in [0.1, 0.15) is 5.82 Å². The minimum absolute atomic E-state index is 0.390. The van der Waals surface area contributed by atoms with E-state index in [-0.39, 0.29) is 0 Å². The number of anilines is 3. The van der Waals surface area contributed by atoms with Crippen LogP contribution in [0.25, 0.3) is 10.9 Å². The Bertz CT molecular complexity index is 1220. The Balaban J connectivity index is 1.26. The zero-order chi connectivity index (χ0) is 24.5. The van der Waals surface area contributed by atoms with Crippen LogP contribution in [-0.4, -0.2) is 78.8 Å². The van der Waals surface area contributed by atoms with Crippen molar-refractivity contribution in [2.24, 2.45) is 0 Å². The molecule has 6 nitrogen and oxygen atoms in total. The smallest absolute Gasteiger partial charge is 0.173 e. The number of aromatic nitrogens is 1. The SMILES string of the molecule is Cc1cccc(N2CCN(C(=S)Nc3ccc4nc(N5CCN(C)CC5)cc(C)c4c3)CC2C)c1. The summed E-state index contributed by atoms with van der Waals surface area (Å²) < 4.78 is 0. The molecule has 2 fully saturated rings. The average molecular weight is 489 g/mol. The molecular formula is C28H36N6S. The summed E-state index contributed by atoms with van der Waals surface area (Å²) in [5, 5.41) is 5.46. The first-order chi connectivity index (χ1) is 16.9. The molecule has 0 bridgehead atoms. The second-order valence-electron chi connectivity index (χ2n) is 10.1. The number of nitrogens with one attached hydrogen (secondary N) is 1. The Morgan fingerprint density at radius 3 is 2.51 bits per heavy atom. The summed E-state index contributed by atoms with van der Waals surface area (Å²) in [6, 6.07) is 17.8. The van der Waals surface area contributed by atoms with Crippen molar-refractivity contribution in [2.75, 3.05) is 68.0 Å². The lowest BCUT2D eigenvalue weighted by Crippen LogP contribution is -2.54. The average Bonchev–Trinajstić information content (AvgIpc) is 2.84. The van der Waals surface area contributed by atoms with Crippen molar-refractivity contribution in [3.05, 3.63) is 59.7 Å². The number of rotatable bonds is 3. The number of hydrogen-bond acceptors (Lipinski definition) is 5. The second-order valence-corrected chi connectivity index (χ2v) is 10.5. The van der Waals surface area contributed by atoms with E-state index in [9.17, 15) is 0 Å². The summed E-state index contributed by atoms with van der Waals surface area (Å²) in [6.07, 6.45) is 0. The van der Waals surface area contributed by atoms with Gasteiger partial charge in [0.05, 0.1) is 5.52 Å². The maximum atomic E-state index is 5.83. The molecule has 2 aliphatic rings. The molecule has 0 radical (unpaired) electrons. The third-order valence-electron chi connectivity index (χ3n) is 7.33. The van der Waals surface area contributed by atoms with Crippen LogP contribution in [0.4, 0.5) is 17.2 Å². The van der Waals surface area contributed by atoms with Crippen molar-refractivity contribution < 1.29 is 0 Å². The molecule has 5 rings (SSSR count). The van der Waals surface area contributed by atoms with Gasteiger partial charge >= 0.3 is 0 Å². The molecular weight excluding hydrogens is 452 g/mol. The summed E-state index contributed by atoms with van der Waals surface area (Å²) in [5.41, 5.74) is 5.90. The number of pyridine rings is 1. The fourth-order valence-corrected chi connectivity index (χ4v) is 5.47. The lowest BCUT2D eigenvalue weighted by atomic mass is 10.1. The van der Waals surface area contributed by atoms with E-state index in [4.69, 9.17) is 17.2 Å². The zero-order valence-corrected chi connectivity index (χ0v) is 22.1. The van der Waals surface area contributed by atoms with Crippen molar-refractivity contribution >= 4 is 45.4 Å². The van der Waals surface area contributed by atoms with Gasteiger partial charge in [-0.2, -0.15) is 0 Å². The van der Waals surface area contributed by atoms with Gasteiger partial charge in [0.2, 0.25) is 0 Å². The van der Waals surface area contributed by atoms with Crippen molar-refractivity contribution in [3.63, 3.8) is 0 Å². The van der Waals surface area contributed by atoms with E-state index >= 15 is 0 Å². The van der Waals surface area contributed by atoms with Crippen LogP contribution >= 0.6 is 12.2 Å². The van der Waals surface area contributed by atoms with Crippen LogP contribution in [0.3, 0.4) is 0 Å². The number of aryl methyl sites for hydroxylation is 2. The summed E-state index contributed by atoms with van der Waals surface area (Å²) in [4.78, 5) is 14.5. The predicted octanol–water partition coefficient (Wildman–Crippen LogP) is 4.51. The van der Waals surface area contributed by atoms with Crippen LogP contribution in [0.1, 0.15) is 18.1 Å². The lowest BCUT2D eigenvalue weighted by molar-refractivity contribution is 0.312. The first-order valence-electron chi connectivity index (χ1n) is 12.6. The van der Waals surface area contributed by atoms with Gasteiger partial charge < -0.3 is 24.9 Å². The number of likely N-dealkylation sites (N-methyl/N-ethyl adjacent to an activating group) is 1. The number of benzene rings is 2. The summed E-state index contributed by atoms with van der Waals surface area (Å²) in [5.74, 6) is 1.08. The first-order valence-corrected chi connectivity index (χ1v) is 13.0. The Hall–Kier alpha value is -2.90. The van der Waals surface area contributed by atoms with Crippen molar-refractivity contribution in [1.29, 1.82) is 0 Å². The highest BCUT2D eigenvalue weighted by molar-refractivity contribution is 7.80. The van der Waals surface area contributed by atoms with Crippen molar-refractivity contribution in [1.82, 2.24) is 14.8 Å².